The van der Waals surface area contributed by atoms with E-state index in [-0.39, 0.29) is 12.5 Å². The molecule has 0 aliphatic carbocycles. The summed E-state index contributed by atoms with van der Waals surface area (Å²) >= 11 is 0. The third-order valence-corrected chi connectivity index (χ3v) is 4.25. The highest BCUT2D eigenvalue weighted by Crippen LogP contribution is 2.32. The summed E-state index contributed by atoms with van der Waals surface area (Å²) in [6.45, 7) is 1.34. The van der Waals surface area contributed by atoms with Gasteiger partial charge in [-0.05, 0) is 18.2 Å². The summed E-state index contributed by atoms with van der Waals surface area (Å²) < 4.78 is 13.0. The molecule has 130 valence electrons. The Morgan fingerprint density at radius 2 is 1.96 bits per heavy atom. The van der Waals surface area contributed by atoms with E-state index in [0.29, 0.717) is 36.0 Å². The number of ether oxygens (including phenoxy) is 2. The second-order valence-corrected chi connectivity index (χ2v) is 6.06. The summed E-state index contributed by atoms with van der Waals surface area (Å²) in [5, 5.41) is 13.0. The molecule has 3 aromatic rings. The highest BCUT2D eigenvalue weighted by Gasteiger charge is 2.13. The number of hydrogen-bond acceptors (Lipinski definition) is 4. The molecule has 1 aliphatic heterocycles. The fourth-order valence-corrected chi connectivity index (χ4v) is 3.06. The number of fused-ring (bicyclic) bond motifs is 2. The number of anilines is 1. The van der Waals surface area contributed by atoms with Gasteiger partial charge in [-0.1, -0.05) is 18.2 Å². The lowest BCUT2D eigenvalue weighted by Crippen LogP contribution is -2.18. The summed E-state index contributed by atoms with van der Waals surface area (Å²) in [7, 11) is 0. The minimum absolute atomic E-state index is 0.122. The molecule has 0 saturated carbocycles. The van der Waals surface area contributed by atoms with Gasteiger partial charge < -0.3 is 19.4 Å². The van der Waals surface area contributed by atoms with Gasteiger partial charge in [0.2, 0.25) is 5.91 Å². The van der Waals surface area contributed by atoms with Gasteiger partial charge in [0.15, 0.2) is 11.5 Å². The van der Waals surface area contributed by atoms with Crippen molar-refractivity contribution in [3.63, 3.8) is 0 Å². The first-order valence-electron chi connectivity index (χ1n) is 8.42. The Labute approximate surface area is 150 Å². The minimum Gasteiger partial charge on any atom is -0.490 e. The first kappa shape index (κ1) is 16.0. The summed E-state index contributed by atoms with van der Waals surface area (Å²) in [5.74, 6) is 1.15. The normalized spacial score (nSPS) is 13.0. The fourth-order valence-electron chi connectivity index (χ4n) is 3.06. The molecule has 0 bridgehead atoms. The van der Waals surface area contributed by atoms with Crippen LogP contribution in [0.2, 0.25) is 0 Å². The zero-order valence-corrected chi connectivity index (χ0v) is 14.1. The molecule has 1 aliphatic rings. The summed E-state index contributed by atoms with van der Waals surface area (Å²) in [6, 6.07) is 15.1. The molecule has 0 spiro atoms. The molecule has 0 atom stereocenters. The Bertz CT molecular complexity index is 1020. The Hall–Kier alpha value is -3.46. The van der Waals surface area contributed by atoms with Crippen molar-refractivity contribution < 1.29 is 14.3 Å². The lowest BCUT2D eigenvalue weighted by molar-refractivity contribution is -0.116. The monoisotopic (exact) mass is 347 g/mol. The predicted molar refractivity (Wildman–Crippen MR) is 97.3 cm³/mol. The van der Waals surface area contributed by atoms with E-state index >= 15 is 0 Å². The number of para-hydroxylation sites is 1. The maximum Gasteiger partial charge on any atom is 0.244 e. The number of benzene rings is 2. The van der Waals surface area contributed by atoms with Gasteiger partial charge in [0.25, 0.3) is 0 Å². The standard InChI is InChI=1S/C20H17N3O3/c21-11-14-12-23(17-5-2-1-4-16(14)17)13-20(24)22-15-6-7-18-19(10-15)26-9-3-8-25-18/h1-2,4-7,10,12H,3,8-9,13H2,(H,22,24). The maximum atomic E-state index is 12.5. The van der Waals surface area contributed by atoms with Crippen LogP contribution in [0.5, 0.6) is 11.5 Å². The van der Waals surface area contributed by atoms with Crippen LogP contribution < -0.4 is 14.8 Å². The van der Waals surface area contributed by atoms with E-state index in [0.717, 1.165) is 17.3 Å². The number of hydrogen-bond donors (Lipinski definition) is 1. The smallest absolute Gasteiger partial charge is 0.244 e. The second-order valence-electron chi connectivity index (χ2n) is 6.06. The summed E-state index contributed by atoms with van der Waals surface area (Å²) in [4.78, 5) is 12.5. The average molecular weight is 347 g/mol. The van der Waals surface area contributed by atoms with Crippen LogP contribution in [0.1, 0.15) is 12.0 Å². The number of nitriles is 1. The van der Waals surface area contributed by atoms with E-state index in [1.54, 1.807) is 29.0 Å². The second kappa shape index (κ2) is 6.81. The first-order valence-corrected chi connectivity index (χ1v) is 8.42. The molecule has 0 unspecified atom stereocenters. The Kier molecular flexibility index (Phi) is 4.20. The molecular weight excluding hydrogens is 330 g/mol. The number of amides is 1. The van der Waals surface area contributed by atoms with E-state index < -0.39 is 0 Å². The van der Waals surface area contributed by atoms with Crippen molar-refractivity contribution in [2.24, 2.45) is 0 Å². The third-order valence-electron chi connectivity index (χ3n) is 4.25. The molecule has 4 rings (SSSR count). The van der Waals surface area contributed by atoms with Crippen molar-refractivity contribution in [1.82, 2.24) is 4.57 Å². The minimum atomic E-state index is -0.176. The van der Waals surface area contributed by atoms with Gasteiger partial charge in [-0.3, -0.25) is 4.79 Å². The third kappa shape index (κ3) is 3.07. The number of carbonyl (C=O) groups is 1. The summed E-state index contributed by atoms with van der Waals surface area (Å²) in [5.41, 5.74) is 2.07. The molecule has 2 aromatic carbocycles. The van der Waals surface area contributed by atoms with Crippen LogP contribution in [0.4, 0.5) is 5.69 Å². The average Bonchev–Trinajstić information content (AvgIpc) is 2.84. The van der Waals surface area contributed by atoms with Gasteiger partial charge >= 0.3 is 0 Å². The molecule has 6 nitrogen and oxygen atoms in total. The van der Waals surface area contributed by atoms with Crippen molar-refractivity contribution in [2.75, 3.05) is 18.5 Å². The van der Waals surface area contributed by atoms with Gasteiger partial charge in [-0.2, -0.15) is 5.26 Å². The molecule has 0 radical (unpaired) electrons. The predicted octanol–water partition coefficient (Wildman–Crippen LogP) is 3.31. The van der Waals surface area contributed by atoms with Gasteiger partial charge in [0.1, 0.15) is 12.6 Å². The quantitative estimate of drug-likeness (QED) is 0.788. The van der Waals surface area contributed by atoms with Crippen LogP contribution in [0, 0.1) is 11.3 Å². The van der Waals surface area contributed by atoms with Crippen molar-refractivity contribution in [2.45, 2.75) is 13.0 Å². The lowest BCUT2D eigenvalue weighted by atomic mass is 10.2. The molecule has 1 N–H and O–H groups in total. The molecule has 1 amide bonds. The van der Waals surface area contributed by atoms with Crippen LogP contribution in [-0.2, 0) is 11.3 Å². The number of carbonyl (C=O) groups excluding carboxylic acids is 1. The van der Waals surface area contributed by atoms with Gasteiger partial charge in [-0.15, -0.1) is 0 Å². The van der Waals surface area contributed by atoms with Crippen LogP contribution in [-0.4, -0.2) is 23.7 Å². The van der Waals surface area contributed by atoms with E-state index in [1.807, 2.05) is 24.3 Å². The highest BCUT2D eigenvalue weighted by molar-refractivity contribution is 5.93. The van der Waals surface area contributed by atoms with E-state index in [4.69, 9.17) is 9.47 Å². The highest BCUT2D eigenvalue weighted by atomic mass is 16.5. The topological polar surface area (TPSA) is 76.3 Å². The van der Waals surface area contributed by atoms with E-state index in [9.17, 15) is 10.1 Å². The number of rotatable bonds is 3. The molecule has 0 saturated heterocycles. The fraction of sp³-hybridized carbons (Fsp3) is 0.200. The first-order chi connectivity index (χ1) is 12.7. The van der Waals surface area contributed by atoms with Crippen LogP contribution in [0.25, 0.3) is 10.9 Å². The van der Waals surface area contributed by atoms with Gasteiger partial charge in [-0.25, -0.2) is 0 Å². The van der Waals surface area contributed by atoms with Crippen molar-refractivity contribution >= 4 is 22.5 Å². The Morgan fingerprint density at radius 3 is 2.81 bits per heavy atom. The van der Waals surface area contributed by atoms with Crippen molar-refractivity contribution in [1.29, 1.82) is 5.26 Å². The zero-order valence-electron chi connectivity index (χ0n) is 14.1. The Balaban J connectivity index is 1.53. The number of nitrogens with zero attached hydrogens (tertiary/aromatic N) is 2. The van der Waals surface area contributed by atoms with Crippen molar-refractivity contribution in [3.8, 4) is 17.6 Å². The maximum absolute atomic E-state index is 12.5. The number of aromatic nitrogens is 1. The molecule has 1 aromatic heterocycles. The van der Waals surface area contributed by atoms with Gasteiger partial charge in [0.05, 0.1) is 18.8 Å². The SMILES string of the molecule is N#Cc1cn(CC(=O)Nc2ccc3c(c2)OCCCO3)c2ccccc12. The molecule has 0 fully saturated rings. The zero-order chi connectivity index (χ0) is 17.9. The van der Waals surface area contributed by atoms with Crippen molar-refractivity contribution in [3.05, 3.63) is 54.2 Å². The van der Waals surface area contributed by atoms with Crippen LogP contribution >= 0.6 is 0 Å². The van der Waals surface area contributed by atoms with Crippen LogP contribution in [0.15, 0.2) is 48.7 Å². The molecular formula is C20H17N3O3. The van der Waals surface area contributed by atoms with Crippen LogP contribution in [0.3, 0.4) is 0 Å². The lowest BCUT2D eigenvalue weighted by Gasteiger charge is -2.11. The van der Waals surface area contributed by atoms with E-state index in [1.165, 1.54) is 0 Å². The Morgan fingerprint density at radius 1 is 1.15 bits per heavy atom. The summed E-state index contributed by atoms with van der Waals surface area (Å²) in [6.07, 6.45) is 2.54. The molecule has 26 heavy (non-hydrogen) atoms. The van der Waals surface area contributed by atoms with E-state index in [2.05, 4.69) is 11.4 Å². The molecule has 6 heteroatoms. The number of nitrogens with one attached hydrogen (secondary N) is 1. The largest absolute Gasteiger partial charge is 0.490 e. The van der Waals surface area contributed by atoms with Gasteiger partial charge in [0, 0.05) is 35.3 Å². The molecule has 2 heterocycles.